The summed E-state index contributed by atoms with van der Waals surface area (Å²) in [4.78, 5) is 21.5. The summed E-state index contributed by atoms with van der Waals surface area (Å²) in [5.41, 5.74) is 3.00. The smallest absolute Gasteiger partial charge is 0.333 e. The highest BCUT2D eigenvalue weighted by molar-refractivity contribution is 7.84. The van der Waals surface area contributed by atoms with E-state index in [2.05, 4.69) is 30.5 Å². The van der Waals surface area contributed by atoms with E-state index >= 15 is 0 Å². The maximum atomic E-state index is 13.3. The molecule has 2 aromatic heterocycles. The van der Waals surface area contributed by atoms with Crippen molar-refractivity contribution in [2.45, 2.75) is 38.5 Å². The minimum Gasteiger partial charge on any atom is -0.393 e. The fraction of sp³-hybridized carbons (Fsp3) is 0.333. The number of carbonyl (C=O) groups excluding carboxylic acids is 1. The molecular formula is C24H26N6O5S. The number of hydrogen-bond acceptors (Lipinski definition) is 9. The zero-order chi connectivity index (χ0) is 25.9. The van der Waals surface area contributed by atoms with Gasteiger partial charge >= 0.3 is 10.3 Å². The maximum Gasteiger partial charge on any atom is 0.333 e. The van der Waals surface area contributed by atoms with Gasteiger partial charge in [0.15, 0.2) is 0 Å². The van der Waals surface area contributed by atoms with Gasteiger partial charge in [-0.1, -0.05) is 18.1 Å². The van der Waals surface area contributed by atoms with Gasteiger partial charge < -0.3 is 10.4 Å². The monoisotopic (exact) mass is 510 g/mol. The molecule has 0 amide bonds. The van der Waals surface area contributed by atoms with Crippen LogP contribution in [-0.2, 0) is 21.0 Å². The predicted molar refractivity (Wildman–Crippen MR) is 131 cm³/mol. The zero-order valence-corrected chi connectivity index (χ0v) is 20.4. The Labute approximate surface area is 209 Å². The summed E-state index contributed by atoms with van der Waals surface area (Å²) < 4.78 is 28.5. The van der Waals surface area contributed by atoms with Gasteiger partial charge in [-0.25, -0.2) is 15.1 Å². The number of aromatic nitrogens is 4. The molecule has 4 rings (SSSR count). The van der Waals surface area contributed by atoms with E-state index in [1.807, 2.05) is 31.2 Å². The van der Waals surface area contributed by atoms with Crippen molar-refractivity contribution in [1.82, 2.24) is 19.7 Å². The Kier molecular flexibility index (Phi) is 7.46. The van der Waals surface area contributed by atoms with Crippen LogP contribution in [0.4, 0.5) is 5.82 Å². The van der Waals surface area contributed by atoms with Gasteiger partial charge in [-0.2, -0.15) is 13.5 Å². The summed E-state index contributed by atoms with van der Waals surface area (Å²) in [5, 5.41) is 22.8. The third-order valence-electron chi connectivity index (χ3n) is 6.04. The van der Waals surface area contributed by atoms with Crippen molar-refractivity contribution in [3.05, 3.63) is 70.9 Å². The van der Waals surface area contributed by atoms with E-state index in [0.717, 1.165) is 16.8 Å². The molecule has 0 bridgehead atoms. The number of ketones is 1. The zero-order valence-electron chi connectivity index (χ0n) is 19.5. The van der Waals surface area contributed by atoms with Crippen LogP contribution in [0, 0.1) is 25.2 Å². The number of carbonyl (C=O) groups is 1. The van der Waals surface area contributed by atoms with Crippen LogP contribution in [0.15, 0.2) is 42.9 Å². The third kappa shape index (κ3) is 6.13. The number of benzene rings is 1. The van der Waals surface area contributed by atoms with Crippen LogP contribution >= 0.6 is 0 Å². The Balaban J connectivity index is 1.48. The van der Waals surface area contributed by atoms with E-state index in [0.29, 0.717) is 25.2 Å². The van der Waals surface area contributed by atoms with E-state index in [4.69, 9.17) is 11.6 Å². The highest BCUT2D eigenvalue weighted by atomic mass is 32.2. The molecule has 0 radical (unpaired) electrons. The Bertz CT molecular complexity index is 1410. The minimum atomic E-state index is -4.10. The molecule has 0 spiro atoms. The standard InChI is InChI=1S/C24H26N6O5S/c1-3-16-5-4-6-17(8-16)12-30-15(2)7-21(29-30)23(32)20-11-26-14-27-24(20)28-19-9-18(22(31)10-19)13-35-36(25,33)34/h1,4-8,11,14,18-19,22,31H,9-10,12-13H2,2H3,(H2,25,33,34)(H,26,27,28)/t18-,19-,22+/m1/s1. The Morgan fingerprint density at radius 3 is 2.92 bits per heavy atom. The summed E-state index contributed by atoms with van der Waals surface area (Å²) >= 11 is 0. The van der Waals surface area contributed by atoms with Crippen molar-refractivity contribution < 1.29 is 22.5 Å². The van der Waals surface area contributed by atoms with Crippen LogP contribution in [0.1, 0.15) is 45.7 Å². The second kappa shape index (κ2) is 10.5. The average molecular weight is 511 g/mol. The van der Waals surface area contributed by atoms with Crippen LogP contribution in [0.3, 0.4) is 0 Å². The molecule has 2 heterocycles. The topological polar surface area (TPSA) is 162 Å². The molecule has 1 aliphatic carbocycles. The first-order chi connectivity index (χ1) is 17.1. The summed E-state index contributed by atoms with van der Waals surface area (Å²) in [6.45, 7) is 2.08. The van der Waals surface area contributed by atoms with Gasteiger partial charge in [0, 0.05) is 29.4 Å². The van der Waals surface area contributed by atoms with E-state index in [9.17, 15) is 18.3 Å². The largest absolute Gasteiger partial charge is 0.393 e. The lowest BCUT2D eigenvalue weighted by molar-refractivity contribution is 0.101. The highest BCUT2D eigenvalue weighted by Gasteiger charge is 2.35. The number of rotatable bonds is 9. The van der Waals surface area contributed by atoms with Gasteiger partial charge in [-0.3, -0.25) is 13.7 Å². The van der Waals surface area contributed by atoms with E-state index in [1.165, 1.54) is 12.5 Å². The van der Waals surface area contributed by atoms with Gasteiger partial charge in [0.05, 0.1) is 24.8 Å². The number of nitrogens with zero attached hydrogens (tertiary/aromatic N) is 4. The van der Waals surface area contributed by atoms with Crippen molar-refractivity contribution in [1.29, 1.82) is 0 Å². The quantitative estimate of drug-likeness (QED) is 0.282. The molecule has 1 saturated carbocycles. The third-order valence-corrected chi connectivity index (χ3v) is 6.51. The van der Waals surface area contributed by atoms with Gasteiger partial charge in [0.1, 0.15) is 17.8 Å². The van der Waals surface area contributed by atoms with E-state index in [1.54, 1.807) is 10.7 Å². The number of aliphatic hydroxyl groups excluding tert-OH is 1. The highest BCUT2D eigenvalue weighted by Crippen LogP contribution is 2.30. The van der Waals surface area contributed by atoms with Crippen LogP contribution in [0.5, 0.6) is 0 Å². The van der Waals surface area contributed by atoms with Crippen molar-refractivity contribution in [3.8, 4) is 12.3 Å². The fourth-order valence-electron chi connectivity index (χ4n) is 4.24. The molecule has 3 aromatic rings. The second-order valence-electron chi connectivity index (χ2n) is 8.70. The molecule has 4 N–H and O–H groups in total. The molecule has 1 aliphatic rings. The number of anilines is 1. The lowest BCUT2D eigenvalue weighted by atomic mass is 10.1. The average Bonchev–Trinajstić information content (AvgIpc) is 3.38. The molecular weight excluding hydrogens is 484 g/mol. The summed E-state index contributed by atoms with van der Waals surface area (Å²) in [5.74, 6) is 2.11. The number of aliphatic hydroxyl groups is 1. The summed E-state index contributed by atoms with van der Waals surface area (Å²) in [7, 11) is -4.10. The molecule has 0 unspecified atom stereocenters. The van der Waals surface area contributed by atoms with Gasteiger partial charge in [0.25, 0.3) is 0 Å². The van der Waals surface area contributed by atoms with Gasteiger partial charge in [-0.05, 0) is 43.5 Å². The van der Waals surface area contributed by atoms with Crippen LogP contribution in [0.25, 0.3) is 0 Å². The molecule has 188 valence electrons. The van der Waals surface area contributed by atoms with Crippen molar-refractivity contribution in [2.24, 2.45) is 11.1 Å². The Hall–Kier alpha value is -3.63. The second-order valence-corrected chi connectivity index (χ2v) is 9.93. The number of nitrogens with one attached hydrogen (secondary N) is 1. The molecule has 36 heavy (non-hydrogen) atoms. The number of terminal acetylenes is 1. The Morgan fingerprint density at radius 1 is 1.36 bits per heavy atom. The van der Waals surface area contributed by atoms with Crippen LogP contribution in [-0.4, -0.2) is 57.8 Å². The van der Waals surface area contributed by atoms with Crippen LogP contribution < -0.4 is 10.5 Å². The van der Waals surface area contributed by atoms with Crippen molar-refractivity contribution >= 4 is 21.9 Å². The molecule has 0 aliphatic heterocycles. The maximum absolute atomic E-state index is 13.3. The lowest BCUT2D eigenvalue weighted by Crippen LogP contribution is -2.24. The first kappa shape index (κ1) is 25.5. The van der Waals surface area contributed by atoms with Crippen molar-refractivity contribution in [3.63, 3.8) is 0 Å². The first-order valence-corrected chi connectivity index (χ1v) is 12.7. The van der Waals surface area contributed by atoms with Gasteiger partial charge in [0.2, 0.25) is 5.78 Å². The minimum absolute atomic E-state index is 0.227. The van der Waals surface area contributed by atoms with Crippen molar-refractivity contribution in [2.75, 3.05) is 11.9 Å². The SMILES string of the molecule is C#Cc1cccc(Cn2nc(C(=O)c3cncnc3N[C@@H]3C[C@H](COS(N)(=O)=O)[C@@H](O)C3)cc2C)c1. The molecule has 1 aromatic carbocycles. The molecule has 12 heteroatoms. The number of aryl methyl sites for hydroxylation is 1. The van der Waals surface area contributed by atoms with E-state index < -0.39 is 22.3 Å². The van der Waals surface area contributed by atoms with Crippen LogP contribution in [0.2, 0.25) is 0 Å². The molecule has 1 fully saturated rings. The number of hydrogen-bond donors (Lipinski definition) is 3. The molecule has 0 saturated heterocycles. The molecule has 11 nitrogen and oxygen atoms in total. The van der Waals surface area contributed by atoms with Gasteiger partial charge in [-0.15, -0.1) is 6.42 Å². The predicted octanol–water partition coefficient (Wildman–Crippen LogP) is 1.01. The molecule has 3 atom stereocenters. The van der Waals surface area contributed by atoms with E-state index in [-0.39, 0.29) is 29.7 Å². The first-order valence-electron chi connectivity index (χ1n) is 11.2. The fourth-order valence-corrected chi connectivity index (χ4v) is 4.60. The Morgan fingerprint density at radius 2 is 2.17 bits per heavy atom. The number of nitrogens with two attached hydrogens (primary N) is 1. The summed E-state index contributed by atoms with van der Waals surface area (Å²) in [6.07, 6.45) is 8.14. The summed E-state index contributed by atoms with van der Waals surface area (Å²) in [6, 6.07) is 8.99. The normalized spacial score (nSPS) is 19.7. The lowest BCUT2D eigenvalue weighted by Gasteiger charge is -2.15.